The molecule has 1 N–H and O–H groups in total. The molecule has 0 bridgehead atoms. The first kappa shape index (κ1) is 13.3. The number of pyridine rings is 1. The SMILES string of the molecule is CCNc1ncccc1COCC1CCOCC1. The van der Waals surface area contributed by atoms with E-state index in [2.05, 4.69) is 23.3 Å². The van der Waals surface area contributed by atoms with Crippen LogP contribution in [0.4, 0.5) is 5.82 Å². The van der Waals surface area contributed by atoms with Gasteiger partial charge in [-0.15, -0.1) is 0 Å². The zero-order chi connectivity index (χ0) is 12.6. The topological polar surface area (TPSA) is 43.4 Å². The van der Waals surface area contributed by atoms with Crippen molar-refractivity contribution in [3.63, 3.8) is 0 Å². The molecule has 0 amide bonds. The summed E-state index contributed by atoms with van der Waals surface area (Å²) in [6.45, 7) is 6.16. The van der Waals surface area contributed by atoms with Crippen molar-refractivity contribution >= 4 is 5.82 Å². The minimum Gasteiger partial charge on any atom is -0.381 e. The number of hydrogen-bond acceptors (Lipinski definition) is 4. The number of nitrogens with zero attached hydrogens (tertiary/aromatic N) is 1. The third kappa shape index (κ3) is 3.96. The fourth-order valence-corrected chi connectivity index (χ4v) is 2.13. The second-order valence-electron chi connectivity index (χ2n) is 4.61. The first-order valence-corrected chi connectivity index (χ1v) is 6.73. The lowest BCUT2D eigenvalue weighted by atomic mass is 10.0. The van der Waals surface area contributed by atoms with E-state index in [1.54, 1.807) is 6.20 Å². The van der Waals surface area contributed by atoms with Gasteiger partial charge in [0.2, 0.25) is 0 Å². The summed E-state index contributed by atoms with van der Waals surface area (Å²) >= 11 is 0. The summed E-state index contributed by atoms with van der Waals surface area (Å²) in [5.74, 6) is 1.59. The minimum absolute atomic E-state index is 0.632. The van der Waals surface area contributed by atoms with Crippen molar-refractivity contribution in [2.75, 3.05) is 31.7 Å². The molecule has 0 radical (unpaired) electrons. The number of anilines is 1. The van der Waals surface area contributed by atoms with Crippen LogP contribution in [0.5, 0.6) is 0 Å². The second-order valence-corrected chi connectivity index (χ2v) is 4.61. The molecule has 0 aliphatic carbocycles. The van der Waals surface area contributed by atoms with E-state index < -0.39 is 0 Å². The maximum Gasteiger partial charge on any atom is 0.131 e. The number of ether oxygens (including phenoxy) is 2. The number of aromatic nitrogens is 1. The second kappa shape index (κ2) is 7.34. The van der Waals surface area contributed by atoms with Gasteiger partial charge in [0.1, 0.15) is 5.82 Å². The van der Waals surface area contributed by atoms with Gasteiger partial charge in [-0.3, -0.25) is 0 Å². The summed E-state index contributed by atoms with van der Waals surface area (Å²) in [6.07, 6.45) is 4.04. The molecule has 1 fully saturated rings. The summed E-state index contributed by atoms with van der Waals surface area (Å²) in [7, 11) is 0. The Kier molecular flexibility index (Phi) is 5.42. The lowest BCUT2D eigenvalue weighted by Crippen LogP contribution is -2.20. The number of nitrogens with one attached hydrogen (secondary N) is 1. The van der Waals surface area contributed by atoms with Crippen molar-refractivity contribution in [3.05, 3.63) is 23.9 Å². The molecule has 100 valence electrons. The van der Waals surface area contributed by atoms with Crippen LogP contribution in [0, 0.1) is 5.92 Å². The molecule has 1 saturated heterocycles. The Balaban J connectivity index is 1.78. The van der Waals surface area contributed by atoms with Gasteiger partial charge in [-0.1, -0.05) is 6.07 Å². The lowest BCUT2D eigenvalue weighted by Gasteiger charge is -2.21. The van der Waals surface area contributed by atoms with Gasteiger partial charge < -0.3 is 14.8 Å². The van der Waals surface area contributed by atoms with Gasteiger partial charge in [0, 0.05) is 31.5 Å². The Bertz CT molecular complexity index is 351. The Morgan fingerprint density at radius 1 is 1.44 bits per heavy atom. The quantitative estimate of drug-likeness (QED) is 0.842. The highest BCUT2D eigenvalue weighted by atomic mass is 16.5. The third-order valence-electron chi connectivity index (χ3n) is 3.19. The van der Waals surface area contributed by atoms with Crippen LogP contribution in [-0.4, -0.2) is 31.3 Å². The average molecular weight is 250 g/mol. The van der Waals surface area contributed by atoms with Crippen molar-refractivity contribution in [2.24, 2.45) is 5.92 Å². The highest BCUT2D eigenvalue weighted by Crippen LogP contribution is 2.17. The molecule has 2 rings (SSSR count). The van der Waals surface area contributed by atoms with E-state index in [-0.39, 0.29) is 0 Å². The molecule has 2 heterocycles. The van der Waals surface area contributed by atoms with Crippen LogP contribution in [0.3, 0.4) is 0 Å². The van der Waals surface area contributed by atoms with Gasteiger partial charge >= 0.3 is 0 Å². The van der Waals surface area contributed by atoms with E-state index in [1.165, 1.54) is 0 Å². The molecular weight excluding hydrogens is 228 g/mol. The van der Waals surface area contributed by atoms with E-state index in [1.807, 2.05) is 6.07 Å². The molecule has 4 heteroatoms. The highest BCUT2D eigenvalue weighted by Gasteiger charge is 2.14. The van der Waals surface area contributed by atoms with Gasteiger partial charge in [0.25, 0.3) is 0 Å². The Labute approximate surface area is 109 Å². The van der Waals surface area contributed by atoms with Crippen molar-refractivity contribution < 1.29 is 9.47 Å². The number of rotatable bonds is 6. The largest absolute Gasteiger partial charge is 0.381 e. The smallest absolute Gasteiger partial charge is 0.131 e. The highest BCUT2D eigenvalue weighted by molar-refractivity contribution is 5.42. The van der Waals surface area contributed by atoms with Crippen LogP contribution in [0.2, 0.25) is 0 Å². The fraction of sp³-hybridized carbons (Fsp3) is 0.643. The standard InChI is InChI=1S/C14H22N2O2/c1-2-15-14-13(4-3-7-16-14)11-18-10-12-5-8-17-9-6-12/h3-4,7,12H,2,5-6,8-11H2,1H3,(H,15,16). The normalized spacial score (nSPS) is 16.7. The molecule has 18 heavy (non-hydrogen) atoms. The molecule has 1 aliphatic heterocycles. The Hall–Kier alpha value is -1.13. The van der Waals surface area contributed by atoms with Crippen LogP contribution < -0.4 is 5.32 Å². The lowest BCUT2D eigenvalue weighted by molar-refractivity contribution is 0.0158. The molecule has 4 nitrogen and oxygen atoms in total. The van der Waals surface area contributed by atoms with Gasteiger partial charge in [0.15, 0.2) is 0 Å². The van der Waals surface area contributed by atoms with Crippen molar-refractivity contribution in [1.29, 1.82) is 0 Å². The zero-order valence-electron chi connectivity index (χ0n) is 11.0. The van der Waals surface area contributed by atoms with E-state index in [4.69, 9.17) is 9.47 Å². The van der Waals surface area contributed by atoms with Crippen LogP contribution in [-0.2, 0) is 16.1 Å². The van der Waals surface area contributed by atoms with E-state index >= 15 is 0 Å². The molecule has 0 unspecified atom stereocenters. The maximum absolute atomic E-state index is 5.81. The Morgan fingerprint density at radius 3 is 3.06 bits per heavy atom. The van der Waals surface area contributed by atoms with Crippen LogP contribution in [0.15, 0.2) is 18.3 Å². The van der Waals surface area contributed by atoms with Gasteiger partial charge in [-0.05, 0) is 31.7 Å². The number of hydrogen-bond donors (Lipinski definition) is 1. The summed E-state index contributed by atoms with van der Waals surface area (Å²) < 4.78 is 11.2. The molecular formula is C14H22N2O2. The first-order valence-electron chi connectivity index (χ1n) is 6.73. The fourth-order valence-electron chi connectivity index (χ4n) is 2.13. The summed E-state index contributed by atoms with van der Waals surface area (Å²) in [4.78, 5) is 4.32. The minimum atomic E-state index is 0.632. The summed E-state index contributed by atoms with van der Waals surface area (Å²) in [5, 5.41) is 3.25. The van der Waals surface area contributed by atoms with Gasteiger partial charge in [-0.25, -0.2) is 4.98 Å². The van der Waals surface area contributed by atoms with E-state index in [9.17, 15) is 0 Å². The van der Waals surface area contributed by atoms with E-state index in [0.29, 0.717) is 12.5 Å². The zero-order valence-corrected chi connectivity index (χ0v) is 11.0. The van der Waals surface area contributed by atoms with Crippen LogP contribution in [0.1, 0.15) is 25.3 Å². The molecule has 1 aromatic heterocycles. The molecule has 0 saturated carbocycles. The molecule has 0 spiro atoms. The molecule has 1 aliphatic rings. The van der Waals surface area contributed by atoms with Gasteiger partial charge in [-0.2, -0.15) is 0 Å². The molecule has 0 atom stereocenters. The third-order valence-corrected chi connectivity index (χ3v) is 3.19. The monoisotopic (exact) mass is 250 g/mol. The first-order chi connectivity index (χ1) is 8.90. The van der Waals surface area contributed by atoms with Crippen molar-refractivity contribution in [3.8, 4) is 0 Å². The molecule has 1 aromatic rings. The van der Waals surface area contributed by atoms with Crippen LogP contribution in [0.25, 0.3) is 0 Å². The van der Waals surface area contributed by atoms with Crippen LogP contribution >= 0.6 is 0 Å². The molecule has 0 aromatic carbocycles. The van der Waals surface area contributed by atoms with Gasteiger partial charge in [0.05, 0.1) is 13.2 Å². The maximum atomic E-state index is 5.81. The van der Waals surface area contributed by atoms with Crippen molar-refractivity contribution in [1.82, 2.24) is 4.98 Å². The summed E-state index contributed by atoms with van der Waals surface area (Å²) in [6, 6.07) is 4.02. The predicted molar refractivity (Wildman–Crippen MR) is 71.6 cm³/mol. The Morgan fingerprint density at radius 2 is 2.28 bits per heavy atom. The van der Waals surface area contributed by atoms with E-state index in [0.717, 1.165) is 50.6 Å². The predicted octanol–water partition coefficient (Wildman–Crippen LogP) is 2.46. The summed E-state index contributed by atoms with van der Waals surface area (Å²) in [5.41, 5.74) is 1.13. The van der Waals surface area contributed by atoms with Crippen molar-refractivity contribution in [2.45, 2.75) is 26.4 Å². The average Bonchev–Trinajstić information content (AvgIpc) is 2.42.